The van der Waals surface area contributed by atoms with Gasteiger partial charge in [0.15, 0.2) is 0 Å². The van der Waals surface area contributed by atoms with E-state index in [0.29, 0.717) is 0 Å². The van der Waals surface area contributed by atoms with Crippen LogP contribution in [0.4, 0.5) is 5.69 Å². The molecule has 0 fully saturated rings. The molecule has 0 heterocycles. The quantitative estimate of drug-likeness (QED) is 0.838. The normalized spacial score (nSPS) is 12.6. The van der Waals surface area contributed by atoms with Crippen molar-refractivity contribution in [1.29, 1.82) is 0 Å². The lowest BCUT2D eigenvalue weighted by Crippen LogP contribution is -2.26. The Balaban J connectivity index is 2.66. The highest BCUT2D eigenvalue weighted by atomic mass is 79.9. The molecule has 0 bridgehead atoms. The lowest BCUT2D eigenvalue weighted by molar-refractivity contribution is -0.116. The summed E-state index contributed by atoms with van der Waals surface area (Å²) < 4.78 is 0. The van der Waals surface area contributed by atoms with Gasteiger partial charge in [0.05, 0.1) is 4.83 Å². The predicted molar refractivity (Wildman–Crippen MR) is 67.4 cm³/mol. The summed E-state index contributed by atoms with van der Waals surface area (Å²) in [6, 6.07) is 7.79. The number of hydrogen-bond donors (Lipinski definition) is 1. The summed E-state index contributed by atoms with van der Waals surface area (Å²) in [5.41, 5.74) is 1.99. The van der Waals surface area contributed by atoms with Crippen molar-refractivity contribution in [3.05, 3.63) is 29.8 Å². The SMILES string of the molecule is Cc1cccc(NC(=O)[C@@H](Br)C(C)C)c1. The second-order valence-corrected chi connectivity index (χ2v) is 4.99. The van der Waals surface area contributed by atoms with Crippen LogP contribution in [0.2, 0.25) is 0 Å². The monoisotopic (exact) mass is 269 g/mol. The van der Waals surface area contributed by atoms with E-state index >= 15 is 0 Å². The van der Waals surface area contributed by atoms with Gasteiger partial charge < -0.3 is 5.32 Å². The number of aryl methyl sites for hydroxylation is 1. The molecule has 2 nitrogen and oxygen atoms in total. The zero-order valence-corrected chi connectivity index (χ0v) is 10.8. The third kappa shape index (κ3) is 3.67. The van der Waals surface area contributed by atoms with E-state index < -0.39 is 0 Å². The van der Waals surface area contributed by atoms with Crippen molar-refractivity contribution in [1.82, 2.24) is 0 Å². The highest BCUT2D eigenvalue weighted by molar-refractivity contribution is 9.10. The number of halogens is 1. The molecule has 0 saturated heterocycles. The summed E-state index contributed by atoms with van der Waals surface area (Å²) in [7, 11) is 0. The van der Waals surface area contributed by atoms with E-state index in [1.54, 1.807) is 0 Å². The lowest BCUT2D eigenvalue weighted by atomic mass is 10.1. The fourth-order valence-electron chi connectivity index (χ4n) is 1.24. The maximum absolute atomic E-state index is 11.7. The molecule has 0 aromatic heterocycles. The minimum Gasteiger partial charge on any atom is -0.325 e. The van der Waals surface area contributed by atoms with Crippen LogP contribution in [0.25, 0.3) is 0 Å². The second kappa shape index (κ2) is 5.31. The molecule has 15 heavy (non-hydrogen) atoms. The molecular formula is C12H16BrNO. The second-order valence-electron chi connectivity index (χ2n) is 4.00. The highest BCUT2D eigenvalue weighted by Crippen LogP contribution is 2.16. The van der Waals surface area contributed by atoms with Crippen LogP contribution >= 0.6 is 15.9 Å². The Bertz CT molecular complexity index is 349. The maximum Gasteiger partial charge on any atom is 0.238 e. The van der Waals surface area contributed by atoms with E-state index in [0.717, 1.165) is 11.3 Å². The van der Waals surface area contributed by atoms with Crippen LogP contribution in [-0.2, 0) is 4.79 Å². The van der Waals surface area contributed by atoms with Gasteiger partial charge in [-0.1, -0.05) is 41.9 Å². The number of benzene rings is 1. The van der Waals surface area contributed by atoms with Gasteiger partial charge in [0.1, 0.15) is 0 Å². The van der Waals surface area contributed by atoms with Crippen LogP contribution in [0.5, 0.6) is 0 Å². The molecule has 1 amide bonds. The van der Waals surface area contributed by atoms with Crippen LogP contribution in [0.3, 0.4) is 0 Å². The molecule has 1 aromatic carbocycles. The van der Waals surface area contributed by atoms with E-state index in [1.807, 2.05) is 45.0 Å². The molecular weight excluding hydrogens is 254 g/mol. The summed E-state index contributed by atoms with van der Waals surface area (Å²) in [6.45, 7) is 6.02. The molecule has 0 aliphatic rings. The molecule has 1 N–H and O–H groups in total. The number of carbonyl (C=O) groups is 1. The standard InChI is InChI=1S/C12H16BrNO/c1-8(2)11(13)12(15)14-10-6-4-5-9(3)7-10/h4-8,11H,1-3H3,(H,14,15)/t11-/m0/s1. The number of anilines is 1. The molecule has 0 unspecified atom stereocenters. The zero-order valence-electron chi connectivity index (χ0n) is 9.25. The summed E-state index contributed by atoms with van der Waals surface area (Å²) >= 11 is 3.37. The molecule has 82 valence electrons. The number of rotatable bonds is 3. The molecule has 1 aromatic rings. The first kappa shape index (κ1) is 12.2. The van der Waals surface area contributed by atoms with Crippen LogP contribution in [0.1, 0.15) is 19.4 Å². The first-order chi connectivity index (χ1) is 7.00. The molecule has 3 heteroatoms. The Kier molecular flexibility index (Phi) is 4.33. The van der Waals surface area contributed by atoms with Crippen LogP contribution in [0.15, 0.2) is 24.3 Å². The Hall–Kier alpha value is -0.830. The van der Waals surface area contributed by atoms with Crippen molar-refractivity contribution in [3.8, 4) is 0 Å². The molecule has 1 atom stereocenters. The number of carbonyl (C=O) groups excluding carboxylic acids is 1. The van der Waals surface area contributed by atoms with Gasteiger partial charge in [0, 0.05) is 5.69 Å². The van der Waals surface area contributed by atoms with Crippen LogP contribution < -0.4 is 5.32 Å². The Morgan fingerprint density at radius 1 is 1.40 bits per heavy atom. The van der Waals surface area contributed by atoms with Crippen molar-refractivity contribution in [3.63, 3.8) is 0 Å². The molecule has 0 radical (unpaired) electrons. The Labute approximate surface area is 99.2 Å². The lowest BCUT2D eigenvalue weighted by Gasteiger charge is -2.13. The number of nitrogens with one attached hydrogen (secondary N) is 1. The van der Waals surface area contributed by atoms with Gasteiger partial charge in [-0.25, -0.2) is 0 Å². The largest absolute Gasteiger partial charge is 0.325 e. The van der Waals surface area contributed by atoms with Gasteiger partial charge in [0.2, 0.25) is 5.91 Å². The van der Waals surface area contributed by atoms with Crippen LogP contribution in [-0.4, -0.2) is 10.7 Å². The van der Waals surface area contributed by atoms with Gasteiger partial charge >= 0.3 is 0 Å². The number of amides is 1. The number of hydrogen-bond acceptors (Lipinski definition) is 1. The van der Waals surface area contributed by atoms with E-state index in [2.05, 4.69) is 21.2 Å². The predicted octanol–water partition coefficient (Wildman–Crippen LogP) is 3.35. The van der Waals surface area contributed by atoms with Crippen molar-refractivity contribution < 1.29 is 4.79 Å². The number of alkyl halides is 1. The Morgan fingerprint density at radius 2 is 2.07 bits per heavy atom. The van der Waals surface area contributed by atoms with E-state index in [9.17, 15) is 4.79 Å². The molecule has 0 aliphatic heterocycles. The fourth-order valence-corrected chi connectivity index (χ4v) is 1.35. The first-order valence-electron chi connectivity index (χ1n) is 5.02. The minimum atomic E-state index is -0.141. The van der Waals surface area contributed by atoms with Crippen molar-refractivity contribution in [2.45, 2.75) is 25.6 Å². The topological polar surface area (TPSA) is 29.1 Å². The summed E-state index contributed by atoms with van der Waals surface area (Å²) in [5, 5.41) is 2.88. The fraction of sp³-hybridized carbons (Fsp3) is 0.417. The molecule has 0 spiro atoms. The van der Waals surface area contributed by atoms with E-state index in [4.69, 9.17) is 0 Å². The van der Waals surface area contributed by atoms with Gasteiger partial charge in [-0.15, -0.1) is 0 Å². The van der Waals surface area contributed by atoms with Crippen molar-refractivity contribution >= 4 is 27.5 Å². The van der Waals surface area contributed by atoms with Crippen molar-refractivity contribution in [2.24, 2.45) is 5.92 Å². The maximum atomic E-state index is 11.7. The highest BCUT2D eigenvalue weighted by Gasteiger charge is 2.18. The van der Waals surface area contributed by atoms with Crippen molar-refractivity contribution in [2.75, 3.05) is 5.32 Å². The van der Waals surface area contributed by atoms with Crippen LogP contribution in [0, 0.1) is 12.8 Å². The smallest absolute Gasteiger partial charge is 0.238 e. The van der Waals surface area contributed by atoms with Gasteiger partial charge in [-0.2, -0.15) is 0 Å². The molecule has 0 saturated carbocycles. The molecule has 1 rings (SSSR count). The third-order valence-corrected chi connectivity index (χ3v) is 3.59. The molecule has 0 aliphatic carbocycles. The minimum absolute atomic E-state index is 0.00981. The van der Waals surface area contributed by atoms with E-state index in [1.165, 1.54) is 0 Å². The van der Waals surface area contributed by atoms with Gasteiger partial charge in [0.25, 0.3) is 0 Å². The summed E-state index contributed by atoms with van der Waals surface area (Å²) in [4.78, 5) is 11.6. The first-order valence-corrected chi connectivity index (χ1v) is 5.94. The average molecular weight is 270 g/mol. The van der Waals surface area contributed by atoms with Gasteiger partial charge in [-0.05, 0) is 30.5 Å². The average Bonchev–Trinajstić information content (AvgIpc) is 2.16. The van der Waals surface area contributed by atoms with Gasteiger partial charge in [-0.3, -0.25) is 4.79 Å². The van der Waals surface area contributed by atoms with E-state index in [-0.39, 0.29) is 16.7 Å². The zero-order chi connectivity index (χ0) is 11.4. The summed E-state index contributed by atoms with van der Waals surface area (Å²) in [5.74, 6) is 0.297. The third-order valence-electron chi connectivity index (χ3n) is 2.12. The summed E-state index contributed by atoms with van der Waals surface area (Å²) in [6.07, 6.45) is 0. The Morgan fingerprint density at radius 3 is 2.60 bits per heavy atom.